The normalized spacial score (nSPS) is 10.1. The molecule has 0 saturated heterocycles. The van der Waals surface area contributed by atoms with Gasteiger partial charge in [0.15, 0.2) is 0 Å². The van der Waals surface area contributed by atoms with Gasteiger partial charge >= 0.3 is 23.9 Å². The van der Waals surface area contributed by atoms with Crippen molar-refractivity contribution < 1.29 is 42.5 Å². The third kappa shape index (κ3) is 8.22. The van der Waals surface area contributed by atoms with E-state index in [1.165, 1.54) is 44.2 Å². The van der Waals surface area contributed by atoms with Crippen LogP contribution in [0.15, 0.2) is 66.8 Å². The van der Waals surface area contributed by atoms with Gasteiger partial charge in [0.25, 0.3) is 0 Å². The van der Waals surface area contributed by atoms with E-state index in [1.807, 2.05) is 0 Å². The van der Waals surface area contributed by atoms with Gasteiger partial charge in [-0.3, -0.25) is 0 Å². The van der Waals surface area contributed by atoms with E-state index in [-0.39, 0.29) is 48.7 Å². The average Bonchev–Trinajstić information content (AvgIpc) is 2.83. The van der Waals surface area contributed by atoms with Crippen LogP contribution in [0.5, 0.6) is 0 Å². The van der Waals surface area contributed by atoms with Crippen LogP contribution in [-0.4, -0.2) is 50.3 Å². The van der Waals surface area contributed by atoms with Crippen molar-refractivity contribution in [1.82, 2.24) is 0 Å². The number of esters is 4. The molecule has 0 aliphatic rings. The fourth-order valence-electron chi connectivity index (χ4n) is 2.60. The molecule has 2 aromatic carbocycles. The molecule has 9 heteroatoms. The number of ether oxygens (including phenoxy) is 4. The van der Waals surface area contributed by atoms with Crippen LogP contribution < -0.4 is 0 Å². The zero-order valence-electron chi connectivity index (χ0n) is 19.4. The first-order valence-corrected chi connectivity index (χ1v) is 10.5. The number of hydrogen-bond donors (Lipinski definition) is 0. The lowest BCUT2D eigenvalue weighted by molar-refractivity contribution is -0.140. The molecule has 8 nitrogen and oxygen atoms in total. The van der Waals surface area contributed by atoms with Gasteiger partial charge in [-0.25, -0.2) is 23.6 Å². The van der Waals surface area contributed by atoms with Crippen molar-refractivity contribution in [3.63, 3.8) is 0 Å². The van der Waals surface area contributed by atoms with Crippen LogP contribution in [0.1, 0.15) is 34.6 Å². The largest absolute Gasteiger partial charge is 0.459 e. The highest BCUT2D eigenvalue weighted by atomic mass is 19.1. The molecule has 0 unspecified atom stereocenters. The molecule has 0 saturated carbocycles. The molecule has 0 atom stereocenters. The van der Waals surface area contributed by atoms with Gasteiger partial charge in [-0.05, 0) is 49.2 Å². The Balaban J connectivity index is 1.91. The molecule has 0 spiro atoms. The molecule has 0 radical (unpaired) electrons. The van der Waals surface area contributed by atoms with Crippen LogP contribution in [-0.2, 0) is 28.5 Å². The Morgan fingerprint density at radius 3 is 1.63 bits per heavy atom. The zero-order chi connectivity index (χ0) is 26.0. The number of rotatable bonds is 11. The fraction of sp³-hybridized carbons (Fsp3) is 0.231. The lowest BCUT2D eigenvalue weighted by Crippen LogP contribution is -2.15. The highest BCUT2D eigenvalue weighted by Crippen LogP contribution is 2.23. The van der Waals surface area contributed by atoms with Crippen LogP contribution in [0.2, 0.25) is 0 Å². The third-order valence-electron chi connectivity index (χ3n) is 4.44. The summed E-state index contributed by atoms with van der Waals surface area (Å²) >= 11 is 0. The van der Waals surface area contributed by atoms with Crippen molar-refractivity contribution in [2.45, 2.75) is 13.8 Å². The van der Waals surface area contributed by atoms with Crippen LogP contribution >= 0.6 is 0 Å². The Kier molecular flexibility index (Phi) is 9.89. The summed E-state index contributed by atoms with van der Waals surface area (Å²) in [6.07, 6.45) is 0. The summed E-state index contributed by atoms with van der Waals surface area (Å²) in [5.41, 5.74) is 1.52. The highest BCUT2D eigenvalue weighted by molar-refractivity contribution is 5.91. The lowest BCUT2D eigenvalue weighted by atomic mass is 10.0. The smallest absolute Gasteiger partial charge is 0.341 e. The molecule has 0 N–H and O–H groups in total. The summed E-state index contributed by atoms with van der Waals surface area (Å²) in [5, 5.41) is 0. The predicted octanol–water partition coefficient (Wildman–Crippen LogP) is 4.04. The number of carbonyl (C=O) groups excluding carboxylic acids is 4. The van der Waals surface area contributed by atoms with Gasteiger partial charge in [-0.15, -0.1) is 0 Å². The summed E-state index contributed by atoms with van der Waals surface area (Å²) < 4.78 is 34.1. The first kappa shape index (κ1) is 27.0. The number of carbonyl (C=O) groups is 4. The van der Waals surface area contributed by atoms with E-state index in [2.05, 4.69) is 13.2 Å². The van der Waals surface area contributed by atoms with Gasteiger partial charge in [0.2, 0.25) is 0 Å². The topological polar surface area (TPSA) is 105 Å². The van der Waals surface area contributed by atoms with Crippen molar-refractivity contribution in [2.24, 2.45) is 0 Å². The Hall–Kier alpha value is -4.27. The Labute approximate surface area is 201 Å². The lowest BCUT2D eigenvalue weighted by Gasteiger charge is -2.09. The van der Waals surface area contributed by atoms with E-state index in [0.717, 1.165) is 0 Å². The van der Waals surface area contributed by atoms with Crippen molar-refractivity contribution in [3.05, 3.63) is 83.7 Å². The van der Waals surface area contributed by atoms with Gasteiger partial charge < -0.3 is 18.9 Å². The van der Waals surface area contributed by atoms with E-state index in [0.29, 0.717) is 11.1 Å². The molecular weight excluding hydrogens is 459 g/mol. The number of benzene rings is 2. The number of halogens is 1. The van der Waals surface area contributed by atoms with Gasteiger partial charge in [0.1, 0.15) is 32.2 Å². The molecule has 0 aliphatic heterocycles. The summed E-state index contributed by atoms with van der Waals surface area (Å²) in [6.45, 7) is 9.26. The standard InChI is InChI=1S/C26H25FO8/c1-16(2)23(28)32-11-13-34-25(30)19-7-5-18(6-8-19)20-9-10-21(22(27)15-20)26(31)35-14-12-33-24(29)17(3)4/h5-10,15H,1,3,11-14H2,2,4H3. The van der Waals surface area contributed by atoms with E-state index >= 15 is 0 Å². The van der Waals surface area contributed by atoms with Gasteiger partial charge in [0.05, 0.1) is 11.1 Å². The first-order chi connectivity index (χ1) is 16.6. The molecule has 0 bridgehead atoms. The van der Waals surface area contributed by atoms with Crippen LogP contribution in [0.4, 0.5) is 4.39 Å². The minimum Gasteiger partial charge on any atom is -0.459 e. The van der Waals surface area contributed by atoms with Crippen LogP contribution in [0, 0.1) is 5.82 Å². The maximum Gasteiger partial charge on any atom is 0.341 e. The minimum absolute atomic E-state index is 0.0940. The first-order valence-electron chi connectivity index (χ1n) is 10.5. The molecule has 0 aromatic heterocycles. The maximum absolute atomic E-state index is 14.5. The highest BCUT2D eigenvalue weighted by Gasteiger charge is 2.15. The molecule has 0 heterocycles. The molecule has 184 valence electrons. The summed E-state index contributed by atoms with van der Waals surface area (Å²) in [7, 11) is 0. The molecule has 0 fully saturated rings. The Bertz CT molecular complexity index is 1130. The SMILES string of the molecule is C=C(C)C(=O)OCCOC(=O)c1ccc(-c2ccc(C(=O)OCCOC(=O)C(=C)C)c(F)c2)cc1. The monoisotopic (exact) mass is 484 g/mol. The molecule has 2 aromatic rings. The average molecular weight is 484 g/mol. The van der Waals surface area contributed by atoms with Crippen LogP contribution in [0.25, 0.3) is 11.1 Å². The second kappa shape index (κ2) is 12.8. The zero-order valence-corrected chi connectivity index (χ0v) is 19.4. The van der Waals surface area contributed by atoms with Crippen molar-refractivity contribution >= 4 is 23.9 Å². The second-order valence-corrected chi connectivity index (χ2v) is 7.38. The van der Waals surface area contributed by atoms with Crippen molar-refractivity contribution in [1.29, 1.82) is 0 Å². The second-order valence-electron chi connectivity index (χ2n) is 7.38. The fourth-order valence-corrected chi connectivity index (χ4v) is 2.60. The minimum atomic E-state index is -0.896. The third-order valence-corrected chi connectivity index (χ3v) is 4.44. The maximum atomic E-state index is 14.5. The summed E-state index contributed by atoms with van der Waals surface area (Å²) in [4.78, 5) is 46.7. The molecule has 2 rings (SSSR count). The summed E-state index contributed by atoms with van der Waals surface area (Å²) in [6, 6.07) is 10.2. The van der Waals surface area contributed by atoms with Crippen molar-refractivity contribution in [3.8, 4) is 11.1 Å². The van der Waals surface area contributed by atoms with Crippen molar-refractivity contribution in [2.75, 3.05) is 26.4 Å². The Morgan fingerprint density at radius 1 is 0.686 bits per heavy atom. The van der Waals surface area contributed by atoms with Crippen LogP contribution in [0.3, 0.4) is 0 Å². The Morgan fingerprint density at radius 2 is 1.14 bits per heavy atom. The molecule has 35 heavy (non-hydrogen) atoms. The van der Waals surface area contributed by atoms with E-state index in [4.69, 9.17) is 18.9 Å². The number of hydrogen-bond acceptors (Lipinski definition) is 8. The van der Waals surface area contributed by atoms with E-state index < -0.39 is 29.7 Å². The van der Waals surface area contributed by atoms with Gasteiger partial charge in [-0.1, -0.05) is 31.4 Å². The molecule has 0 aliphatic carbocycles. The van der Waals surface area contributed by atoms with E-state index in [1.54, 1.807) is 12.1 Å². The van der Waals surface area contributed by atoms with E-state index in [9.17, 15) is 23.6 Å². The molecule has 0 amide bonds. The summed E-state index contributed by atoms with van der Waals surface area (Å²) in [5.74, 6) is -3.48. The predicted molar refractivity (Wildman–Crippen MR) is 124 cm³/mol. The quantitative estimate of drug-likeness (QED) is 0.204. The van der Waals surface area contributed by atoms with Gasteiger partial charge in [-0.2, -0.15) is 0 Å². The van der Waals surface area contributed by atoms with Gasteiger partial charge in [0, 0.05) is 11.1 Å². The molecular formula is C26H25FO8.